The second-order valence-electron chi connectivity index (χ2n) is 2.99. The summed E-state index contributed by atoms with van der Waals surface area (Å²) in [5.41, 5.74) is 18.7. The Kier molecular flexibility index (Phi) is 3.30. The van der Waals surface area contributed by atoms with Gasteiger partial charge in [0.15, 0.2) is 0 Å². The number of nitrogens with one attached hydrogen (secondary N) is 1. The standard InChI is InChI=1S/C9H12N4O/c10-8(9(11)14)5-6-1-3-7(13-12)4-2-6/h1-4,8,12H,5,10H2,(H2,11,14)/t8-/m0/s1. The molecular weight excluding hydrogens is 180 g/mol. The molecule has 1 rings (SSSR count). The molecular formula is C9H12N4O. The van der Waals surface area contributed by atoms with Gasteiger partial charge in [-0.2, -0.15) is 5.11 Å². The summed E-state index contributed by atoms with van der Waals surface area (Å²) in [4.78, 5) is 10.7. The zero-order chi connectivity index (χ0) is 10.6. The minimum atomic E-state index is -0.659. The zero-order valence-corrected chi connectivity index (χ0v) is 7.60. The summed E-state index contributed by atoms with van der Waals surface area (Å²) in [6.07, 6.45) is 0.410. The monoisotopic (exact) mass is 192 g/mol. The topological polar surface area (TPSA) is 105 Å². The van der Waals surface area contributed by atoms with Crippen LogP contribution in [-0.2, 0) is 11.2 Å². The molecule has 74 valence electrons. The van der Waals surface area contributed by atoms with Gasteiger partial charge in [-0.25, -0.2) is 5.53 Å². The second kappa shape index (κ2) is 4.48. The van der Waals surface area contributed by atoms with Crippen LogP contribution in [0.5, 0.6) is 0 Å². The minimum absolute atomic E-state index is 0.410. The third-order valence-corrected chi connectivity index (χ3v) is 1.89. The van der Waals surface area contributed by atoms with Gasteiger partial charge in [-0.1, -0.05) is 12.1 Å². The lowest BCUT2D eigenvalue weighted by Crippen LogP contribution is -2.38. The molecule has 5 N–H and O–H groups in total. The van der Waals surface area contributed by atoms with Crippen LogP contribution >= 0.6 is 0 Å². The Hall–Kier alpha value is -1.75. The molecule has 0 radical (unpaired) electrons. The number of nitrogens with two attached hydrogens (primary N) is 2. The third-order valence-electron chi connectivity index (χ3n) is 1.89. The molecule has 0 unspecified atom stereocenters. The number of amides is 1. The van der Waals surface area contributed by atoms with Gasteiger partial charge in [-0.15, -0.1) is 0 Å². The highest BCUT2D eigenvalue weighted by atomic mass is 16.1. The second-order valence-corrected chi connectivity index (χ2v) is 2.99. The molecule has 0 bridgehead atoms. The maximum absolute atomic E-state index is 10.7. The van der Waals surface area contributed by atoms with Crippen molar-refractivity contribution in [2.45, 2.75) is 12.5 Å². The fourth-order valence-electron chi connectivity index (χ4n) is 1.06. The molecule has 0 aliphatic rings. The van der Waals surface area contributed by atoms with E-state index in [2.05, 4.69) is 5.11 Å². The lowest BCUT2D eigenvalue weighted by molar-refractivity contribution is -0.119. The van der Waals surface area contributed by atoms with Crippen LogP contribution < -0.4 is 11.5 Å². The molecule has 5 heteroatoms. The lowest BCUT2D eigenvalue weighted by atomic mass is 10.1. The van der Waals surface area contributed by atoms with Crippen molar-refractivity contribution in [2.24, 2.45) is 16.6 Å². The number of benzene rings is 1. The van der Waals surface area contributed by atoms with Crippen molar-refractivity contribution in [3.8, 4) is 0 Å². The molecule has 14 heavy (non-hydrogen) atoms. The van der Waals surface area contributed by atoms with Crippen molar-refractivity contribution in [1.29, 1.82) is 5.53 Å². The molecule has 0 aromatic heterocycles. The first-order chi connectivity index (χ1) is 6.63. The molecule has 1 aromatic rings. The molecule has 1 amide bonds. The van der Waals surface area contributed by atoms with Crippen LogP contribution in [0, 0.1) is 5.53 Å². The fourth-order valence-corrected chi connectivity index (χ4v) is 1.06. The van der Waals surface area contributed by atoms with Gasteiger partial charge in [0.05, 0.1) is 11.7 Å². The summed E-state index contributed by atoms with van der Waals surface area (Å²) >= 11 is 0. The van der Waals surface area contributed by atoms with Crippen LogP contribution in [0.4, 0.5) is 5.69 Å². The van der Waals surface area contributed by atoms with Crippen molar-refractivity contribution in [3.05, 3.63) is 29.8 Å². The number of carbonyl (C=O) groups is 1. The van der Waals surface area contributed by atoms with Crippen molar-refractivity contribution in [3.63, 3.8) is 0 Å². The van der Waals surface area contributed by atoms with Gasteiger partial charge in [0.25, 0.3) is 0 Å². The van der Waals surface area contributed by atoms with Crippen LogP contribution in [0.2, 0.25) is 0 Å². The van der Waals surface area contributed by atoms with Gasteiger partial charge in [0.2, 0.25) is 5.91 Å². The highest BCUT2D eigenvalue weighted by molar-refractivity contribution is 5.79. The predicted molar refractivity (Wildman–Crippen MR) is 52.1 cm³/mol. The fraction of sp³-hybridized carbons (Fsp3) is 0.222. The SMILES string of the molecule is N=Nc1ccc(C[C@H](N)C(N)=O)cc1. The van der Waals surface area contributed by atoms with E-state index < -0.39 is 11.9 Å². The molecule has 0 spiro atoms. The van der Waals surface area contributed by atoms with Gasteiger partial charge < -0.3 is 11.5 Å². The number of primary amides is 1. The third kappa shape index (κ3) is 2.63. The average molecular weight is 192 g/mol. The highest BCUT2D eigenvalue weighted by Crippen LogP contribution is 2.13. The molecule has 0 saturated carbocycles. The van der Waals surface area contributed by atoms with Crippen molar-refractivity contribution in [1.82, 2.24) is 0 Å². The maximum Gasteiger partial charge on any atom is 0.234 e. The van der Waals surface area contributed by atoms with Crippen molar-refractivity contribution >= 4 is 11.6 Å². The van der Waals surface area contributed by atoms with E-state index in [1.165, 1.54) is 0 Å². The first kappa shape index (κ1) is 10.3. The zero-order valence-electron chi connectivity index (χ0n) is 7.60. The Labute approximate surface area is 81.6 Å². The predicted octanol–water partition coefficient (Wildman–Crippen LogP) is 0.704. The molecule has 0 aliphatic heterocycles. The molecule has 0 saturated heterocycles. The van der Waals surface area contributed by atoms with Gasteiger partial charge in [-0.05, 0) is 24.1 Å². The molecule has 1 aromatic carbocycles. The summed E-state index contributed by atoms with van der Waals surface area (Å²) in [7, 11) is 0. The van der Waals surface area contributed by atoms with E-state index in [4.69, 9.17) is 17.0 Å². The summed E-state index contributed by atoms with van der Waals surface area (Å²) < 4.78 is 0. The minimum Gasteiger partial charge on any atom is -0.368 e. The van der Waals surface area contributed by atoms with Gasteiger partial charge in [0, 0.05) is 0 Å². The van der Waals surface area contributed by atoms with E-state index >= 15 is 0 Å². The Morgan fingerprint density at radius 3 is 2.43 bits per heavy atom. The van der Waals surface area contributed by atoms with Crippen LogP contribution in [-0.4, -0.2) is 11.9 Å². The van der Waals surface area contributed by atoms with Crippen LogP contribution in [0.25, 0.3) is 0 Å². The molecule has 0 aliphatic carbocycles. The number of carbonyl (C=O) groups excluding carboxylic acids is 1. The van der Waals surface area contributed by atoms with E-state index in [9.17, 15) is 4.79 Å². The van der Waals surface area contributed by atoms with Gasteiger partial charge in [-0.3, -0.25) is 4.79 Å². The summed E-state index contributed by atoms with van der Waals surface area (Å²) in [6, 6.07) is 6.27. The van der Waals surface area contributed by atoms with E-state index in [0.29, 0.717) is 12.1 Å². The van der Waals surface area contributed by atoms with Gasteiger partial charge in [0.1, 0.15) is 0 Å². The molecule has 0 heterocycles. The first-order valence-corrected chi connectivity index (χ1v) is 4.15. The Bertz CT molecular complexity index is 333. The molecule has 5 nitrogen and oxygen atoms in total. The Balaban J connectivity index is 2.68. The summed E-state index contributed by atoms with van der Waals surface area (Å²) in [5, 5.41) is 3.25. The Morgan fingerprint density at radius 2 is 2.00 bits per heavy atom. The van der Waals surface area contributed by atoms with Crippen LogP contribution in [0.15, 0.2) is 29.4 Å². The Morgan fingerprint density at radius 1 is 1.43 bits per heavy atom. The number of rotatable bonds is 4. The highest BCUT2D eigenvalue weighted by Gasteiger charge is 2.09. The van der Waals surface area contributed by atoms with E-state index in [0.717, 1.165) is 5.56 Å². The van der Waals surface area contributed by atoms with E-state index in [1.54, 1.807) is 24.3 Å². The average Bonchev–Trinajstić information content (AvgIpc) is 2.19. The van der Waals surface area contributed by atoms with E-state index in [1.807, 2.05) is 0 Å². The first-order valence-electron chi connectivity index (χ1n) is 4.15. The van der Waals surface area contributed by atoms with E-state index in [-0.39, 0.29) is 0 Å². The van der Waals surface area contributed by atoms with Crippen LogP contribution in [0.3, 0.4) is 0 Å². The summed E-state index contributed by atoms with van der Waals surface area (Å²) in [5.74, 6) is -0.515. The summed E-state index contributed by atoms with van der Waals surface area (Å²) in [6.45, 7) is 0. The smallest absolute Gasteiger partial charge is 0.234 e. The quantitative estimate of drug-likeness (QED) is 0.611. The van der Waals surface area contributed by atoms with Crippen LogP contribution in [0.1, 0.15) is 5.56 Å². The number of hydrogen-bond acceptors (Lipinski definition) is 4. The maximum atomic E-state index is 10.7. The number of hydrogen-bond donors (Lipinski definition) is 3. The van der Waals surface area contributed by atoms with Crippen molar-refractivity contribution < 1.29 is 4.79 Å². The normalized spacial score (nSPS) is 12.1. The number of nitrogens with zero attached hydrogens (tertiary/aromatic N) is 1. The lowest BCUT2D eigenvalue weighted by Gasteiger charge is -2.06. The largest absolute Gasteiger partial charge is 0.368 e. The molecule has 0 fully saturated rings. The molecule has 1 atom stereocenters. The van der Waals surface area contributed by atoms with Crippen molar-refractivity contribution in [2.75, 3.05) is 0 Å². The van der Waals surface area contributed by atoms with Gasteiger partial charge >= 0.3 is 0 Å².